The van der Waals surface area contributed by atoms with Crippen molar-refractivity contribution in [1.29, 1.82) is 0 Å². The van der Waals surface area contributed by atoms with Crippen molar-refractivity contribution in [3.8, 4) is 0 Å². The van der Waals surface area contributed by atoms with E-state index in [4.69, 9.17) is 0 Å². The van der Waals surface area contributed by atoms with E-state index in [0.717, 1.165) is 5.56 Å². The lowest BCUT2D eigenvalue weighted by Crippen LogP contribution is -2.38. The summed E-state index contributed by atoms with van der Waals surface area (Å²) in [7, 11) is 0. The van der Waals surface area contributed by atoms with Gasteiger partial charge in [-0.3, -0.25) is 19.7 Å². The van der Waals surface area contributed by atoms with E-state index in [-0.39, 0.29) is 17.4 Å². The number of nitro groups is 1. The van der Waals surface area contributed by atoms with Gasteiger partial charge < -0.3 is 4.90 Å². The van der Waals surface area contributed by atoms with Gasteiger partial charge in [0.05, 0.1) is 4.92 Å². The maximum atomic E-state index is 12.2. The van der Waals surface area contributed by atoms with Crippen LogP contribution in [0.15, 0.2) is 18.2 Å². The molecule has 0 spiro atoms. The van der Waals surface area contributed by atoms with Crippen molar-refractivity contribution in [3.63, 3.8) is 0 Å². The van der Waals surface area contributed by atoms with Crippen LogP contribution in [0.5, 0.6) is 0 Å². The second kappa shape index (κ2) is 5.17. The highest BCUT2D eigenvalue weighted by molar-refractivity contribution is 5.97. The molecule has 0 aliphatic carbocycles. The Morgan fingerprint density at radius 1 is 1.47 bits per heavy atom. The van der Waals surface area contributed by atoms with Crippen LogP contribution in [0, 0.1) is 10.1 Å². The van der Waals surface area contributed by atoms with Crippen molar-refractivity contribution in [2.75, 3.05) is 13.1 Å². The van der Waals surface area contributed by atoms with Crippen molar-refractivity contribution in [2.24, 2.45) is 0 Å². The average molecular weight is 262 g/mol. The summed E-state index contributed by atoms with van der Waals surface area (Å²) in [6.07, 6.45) is 0.979. The largest absolute Gasteiger partial charge is 0.338 e. The normalized spacial score (nSPS) is 14.2. The van der Waals surface area contributed by atoms with Gasteiger partial charge >= 0.3 is 0 Å². The Morgan fingerprint density at radius 2 is 2.21 bits per heavy atom. The number of carbonyl (C=O) groups is 2. The van der Waals surface area contributed by atoms with Gasteiger partial charge in [-0.1, -0.05) is 6.07 Å². The number of amides is 1. The fraction of sp³-hybridized carbons (Fsp3) is 0.385. The van der Waals surface area contributed by atoms with Gasteiger partial charge in [0.1, 0.15) is 5.78 Å². The molecule has 2 rings (SSSR count). The molecule has 0 saturated carbocycles. The quantitative estimate of drug-likeness (QED) is 0.609. The lowest BCUT2D eigenvalue weighted by molar-refractivity contribution is -0.384. The Bertz CT molecular complexity index is 554. The van der Waals surface area contributed by atoms with Gasteiger partial charge in [0.25, 0.3) is 11.6 Å². The molecule has 0 saturated heterocycles. The van der Waals surface area contributed by atoms with Crippen LogP contribution < -0.4 is 0 Å². The number of nitro benzene ring substituents is 1. The zero-order valence-electron chi connectivity index (χ0n) is 10.6. The predicted molar refractivity (Wildman–Crippen MR) is 68.0 cm³/mol. The molecule has 6 heteroatoms. The maximum Gasteiger partial charge on any atom is 0.270 e. The van der Waals surface area contributed by atoms with Crippen molar-refractivity contribution in [2.45, 2.75) is 19.8 Å². The molecule has 0 aromatic heterocycles. The first-order valence-electron chi connectivity index (χ1n) is 6.05. The third-order valence-corrected chi connectivity index (χ3v) is 3.21. The van der Waals surface area contributed by atoms with Gasteiger partial charge in [-0.25, -0.2) is 0 Å². The van der Waals surface area contributed by atoms with Crippen LogP contribution in [-0.4, -0.2) is 34.6 Å². The van der Waals surface area contributed by atoms with Crippen molar-refractivity contribution in [3.05, 3.63) is 39.4 Å². The summed E-state index contributed by atoms with van der Waals surface area (Å²) in [6, 6.07) is 4.36. The predicted octanol–water partition coefficient (Wildman–Crippen LogP) is 1.57. The molecule has 0 radical (unpaired) electrons. The molecule has 0 N–H and O–H groups in total. The van der Waals surface area contributed by atoms with Crippen LogP contribution in [-0.2, 0) is 11.2 Å². The molecular formula is C13H14N2O4. The van der Waals surface area contributed by atoms with E-state index < -0.39 is 4.92 Å². The minimum Gasteiger partial charge on any atom is -0.338 e. The third-order valence-electron chi connectivity index (χ3n) is 3.21. The molecule has 0 fully saturated rings. The highest BCUT2D eigenvalue weighted by Gasteiger charge is 2.26. The Balaban J connectivity index is 2.23. The second-order valence-electron chi connectivity index (χ2n) is 4.59. The second-order valence-corrected chi connectivity index (χ2v) is 4.59. The Kier molecular flexibility index (Phi) is 3.59. The fourth-order valence-electron chi connectivity index (χ4n) is 2.13. The first-order valence-corrected chi connectivity index (χ1v) is 6.05. The number of non-ortho nitro benzene ring substituents is 1. The zero-order valence-corrected chi connectivity index (χ0v) is 10.6. The summed E-state index contributed by atoms with van der Waals surface area (Å²) in [5, 5.41) is 10.7. The monoisotopic (exact) mass is 262 g/mol. The van der Waals surface area contributed by atoms with Crippen molar-refractivity contribution < 1.29 is 14.5 Å². The molecule has 1 aliphatic rings. The smallest absolute Gasteiger partial charge is 0.270 e. The van der Waals surface area contributed by atoms with Crippen molar-refractivity contribution in [1.82, 2.24) is 4.90 Å². The first kappa shape index (κ1) is 13.2. The van der Waals surface area contributed by atoms with E-state index >= 15 is 0 Å². The summed E-state index contributed by atoms with van der Waals surface area (Å²) >= 11 is 0. The van der Waals surface area contributed by atoms with Crippen LogP contribution >= 0.6 is 0 Å². The molecule has 0 bridgehead atoms. The Labute approximate surface area is 110 Å². The van der Waals surface area contributed by atoms with Crippen LogP contribution in [0.4, 0.5) is 5.69 Å². The summed E-state index contributed by atoms with van der Waals surface area (Å²) in [5.74, 6) is -0.205. The van der Waals surface area contributed by atoms with Gasteiger partial charge in [-0.05, 0) is 18.9 Å². The number of hydrogen-bond acceptors (Lipinski definition) is 4. The topological polar surface area (TPSA) is 80.5 Å². The van der Waals surface area contributed by atoms with E-state index in [1.807, 2.05) is 0 Å². The molecule has 19 heavy (non-hydrogen) atoms. The van der Waals surface area contributed by atoms with E-state index in [2.05, 4.69) is 0 Å². The molecule has 100 valence electrons. The van der Waals surface area contributed by atoms with Crippen molar-refractivity contribution >= 4 is 17.4 Å². The minimum absolute atomic E-state index is 0.0256. The molecule has 1 aliphatic heterocycles. The summed E-state index contributed by atoms with van der Waals surface area (Å²) in [4.78, 5) is 34.9. The molecule has 0 atom stereocenters. The van der Waals surface area contributed by atoms with E-state index in [1.165, 1.54) is 19.1 Å². The number of hydrogen-bond donors (Lipinski definition) is 0. The van der Waals surface area contributed by atoms with Crippen LogP contribution in [0.3, 0.4) is 0 Å². The molecule has 1 heterocycles. The lowest BCUT2D eigenvalue weighted by atomic mass is 9.98. The molecule has 0 unspecified atom stereocenters. The third kappa shape index (κ3) is 2.78. The maximum absolute atomic E-state index is 12.2. The van der Waals surface area contributed by atoms with Crippen LogP contribution in [0.1, 0.15) is 29.3 Å². The molecule has 1 aromatic carbocycles. The molecule has 1 amide bonds. The highest BCUT2D eigenvalue weighted by atomic mass is 16.6. The van der Waals surface area contributed by atoms with Gasteiger partial charge in [-0.15, -0.1) is 0 Å². The SMILES string of the molecule is CC(=O)CCN1CCc2ccc([N+](=O)[O-])cc2C1=O. The van der Waals surface area contributed by atoms with E-state index in [0.29, 0.717) is 31.5 Å². The number of nitrogens with zero attached hydrogens (tertiary/aromatic N) is 2. The number of ketones is 1. The lowest BCUT2D eigenvalue weighted by Gasteiger charge is -2.28. The molecule has 1 aromatic rings. The van der Waals surface area contributed by atoms with Crippen LogP contribution in [0.25, 0.3) is 0 Å². The summed E-state index contributed by atoms with van der Waals surface area (Å²) < 4.78 is 0. The van der Waals surface area contributed by atoms with Gasteiger partial charge in [0, 0.05) is 37.2 Å². The van der Waals surface area contributed by atoms with Crippen LogP contribution in [0.2, 0.25) is 0 Å². The number of carbonyl (C=O) groups excluding carboxylic acids is 2. The number of benzene rings is 1. The number of rotatable bonds is 4. The standard InChI is InChI=1S/C13H14N2O4/c1-9(16)4-6-14-7-5-10-2-3-11(15(18)19)8-12(10)13(14)17/h2-3,8H,4-7H2,1H3. The number of Topliss-reactive ketones (excluding diaryl/α,β-unsaturated/α-hetero) is 1. The van der Waals surface area contributed by atoms with Gasteiger partial charge in [0.2, 0.25) is 0 Å². The Hall–Kier alpha value is -2.24. The summed E-state index contributed by atoms with van der Waals surface area (Å²) in [6.45, 7) is 2.40. The average Bonchev–Trinajstić information content (AvgIpc) is 2.37. The van der Waals surface area contributed by atoms with Gasteiger partial charge in [-0.2, -0.15) is 0 Å². The highest BCUT2D eigenvalue weighted by Crippen LogP contribution is 2.23. The Morgan fingerprint density at radius 3 is 2.84 bits per heavy atom. The fourth-order valence-corrected chi connectivity index (χ4v) is 2.13. The zero-order chi connectivity index (χ0) is 14.0. The molecule has 6 nitrogen and oxygen atoms in total. The van der Waals surface area contributed by atoms with E-state index in [9.17, 15) is 19.7 Å². The first-order chi connectivity index (χ1) is 8.99. The molecular weight excluding hydrogens is 248 g/mol. The van der Waals surface area contributed by atoms with Gasteiger partial charge in [0.15, 0.2) is 0 Å². The summed E-state index contributed by atoms with van der Waals surface area (Å²) in [5.41, 5.74) is 1.12. The minimum atomic E-state index is -0.512. The number of fused-ring (bicyclic) bond motifs is 1. The van der Waals surface area contributed by atoms with E-state index in [1.54, 1.807) is 11.0 Å².